The highest BCUT2D eigenvalue weighted by atomic mass is 79.9. The summed E-state index contributed by atoms with van der Waals surface area (Å²) in [5.74, 6) is -0.668. The molecule has 0 radical (unpaired) electrons. The molecule has 0 atom stereocenters. The van der Waals surface area contributed by atoms with Crippen LogP contribution in [-0.2, 0) is 28.3 Å². The fraction of sp³-hybridized carbons (Fsp3) is 0.118. The molecule has 1 amide bonds. The lowest BCUT2D eigenvalue weighted by molar-refractivity contribution is -0.118. The van der Waals surface area contributed by atoms with Crippen LogP contribution in [0.5, 0.6) is 0 Å². The van der Waals surface area contributed by atoms with Gasteiger partial charge in [0.05, 0.1) is 40.3 Å². The Bertz CT molecular complexity index is 1160. The quantitative estimate of drug-likeness (QED) is 0.680. The Kier molecular flexibility index (Phi) is 4.80. The van der Waals surface area contributed by atoms with Gasteiger partial charge >= 0.3 is 0 Å². The molecular formula is C17H13BrN4O3S. The lowest BCUT2D eigenvalue weighted by Gasteiger charge is -2.08. The Morgan fingerprint density at radius 3 is 2.81 bits per heavy atom. The molecule has 0 saturated carbocycles. The SMILES string of the molecule is Cn1cnc2cc(CC(=O)NS(=O)(=O)c3cc(Br)cc(C#N)c3)ccc21. The Hall–Kier alpha value is -2.70. The van der Waals surface area contributed by atoms with Gasteiger partial charge in [-0.1, -0.05) is 22.0 Å². The lowest BCUT2D eigenvalue weighted by atomic mass is 10.1. The van der Waals surface area contributed by atoms with Crippen molar-refractivity contribution < 1.29 is 13.2 Å². The number of nitrogens with zero attached hydrogens (tertiary/aromatic N) is 3. The predicted molar refractivity (Wildman–Crippen MR) is 98.6 cm³/mol. The van der Waals surface area contributed by atoms with Gasteiger partial charge in [-0.2, -0.15) is 5.26 Å². The third kappa shape index (κ3) is 3.76. The van der Waals surface area contributed by atoms with Crippen molar-refractivity contribution in [2.24, 2.45) is 7.05 Å². The standard InChI is InChI=1S/C17H13BrN4O3S/c1-22-10-20-15-6-11(2-3-16(15)22)7-17(23)21-26(24,25)14-5-12(9-19)4-13(18)8-14/h2-6,8,10H,7H2,1H3,(H,21,23). The van der Waals surface area contributed by atoms with E-state index in [1.807, 2.05) is 28.5 Å². The van der Waals surface area contributed by atoms with E-state index in [-0.39, 0.29) is 16.9 Å². The molecule has 0 fully saturated rings. The zero-order chi connectivity index (χ0) is 18.9. The number of aryl methyl sites for hydroxylation is 1. The molecule has 3 aromatic rings. The van der Waals surface area contributed by atoms with E-state index < -0.39 is 15.9 Å². The summed E-state index contributed by atoms with van der Waals surface area (Å²) in [4.78, 5) is 16.2. The predicted octanol–water partition coefficient (Wildman–Crippen LogP) is 2.26. The van der Waals surface area contributed by atoms with Gasteiger partial charge in [0.15, 0.2) is 0 Å². The average molecular weight is 433 g/mol. The highest BCUT2D eigenvalue weighted by molar-refractivity contribution is 9.10. The first kappa shape index (κ1) is 18.1. The van der Waals surface area contributed by atoms with Crippen LogP contribution in [0.3, 0.4) is 0 Å². The maximum absolute atomic E-state index is 12.4. The molecule has 0 unspecified atom stereocenters. The molecule has 0 aliphatic rings. The number of aromatic nitrogens is 2. The molecule has 7 nitrogen and oxygen atoms in total. The summed E-state index contributed by atoms with van der Waals surface area (Å²) >= 11 is 3.15. The number of hydrogen-bond donors (Lipinski definition) is 1. The van der Waals surface area contributed by atoms with Crippen molar-refractivity contribution in [3.8, 4) is 6.07 Å². The molecule has 9 heteroatoms. The van der Waals surface area contributed by atoms with Crippen molar-refractivity contribution >= 4 is 42.9 Å². The second-order valence-corrected chi connectivity index (χ2v) is 8.27. The molecule has 0 aliphatic heterocycles. The number of benzene rings is 2. The number of carbonyl (C=O) groups excluding carboxylic acids is 1. The summed E-state index contributed by atoms with van der Waals surface area (Å²) in [7, 11) is -2.21. The van der Waals surface area contributed by atoms with E-state index in [0.717, 1.165) is 11.0 Å². The van der Waals surface area contributed by atoms with Crippen LogP contribution in [0.25, 0.3) is 11.0 Å². The first-order chi connectivity index (χ1) is 12.3. The third-order valence-electron chi connectivity index (χ3n) is 3.71. The molecule has 0 saturated heterocycles. The Labute approximate surface area is 158 Å². The van der Waals surface area contributed by atoms with Gasteiger partial charge in [0.1, 0.15) is 0 Å². The highest BCUT2D eigenvalue weighted by Gasteiger charge is 2.19. The Morgan fingerprint density at radius 1 is 1.31 bits per heavy atom. The number of nitriles is 1. The first-order valence-electron chi connectivity index (χ1n) is 7.45. The molecule has 0 spiro atoms. The number of halogens is 1. The summed E-state index contributed by atoms with van der Waals surface area (Å²) in [6, 6.07) is 11.2. The van der Waals surface area contributed by atoms with Gasteiger partial charge in [-0.25, -0.2) is 18.1 Å². The second kappa shape index (κ2) is 6.90. The van der Waals surface area contributed by atoms with E-state index in [0.29, 0.717) is 10.0 Å². The molecule has 1 N–H and O–H groups in total. The molecule has 0 bridgehead atoms. The van der Waals surface area contributed by atoms with Crippen LogP contribution in [0.2, 0.25) is 0 Å². The van der Waals surface area contributed by atoms with Crippen molar-refractivity contribution in [3.63, 3.8) is 0 Å². The lowest BCUT2D eigenvalue weighted by Crippen LogP contribution is -2.31. The molecule has 1 aromatic heterocycles. The number of imidazole rings is 1. The van der Waals surface area contributed by atoms with E-state index >= 15 is 0 Å². The summed E-state index contributed by atoms with van der Waals surface area (Å²) < 4.78 is 29.1. The van der Waals surface area contributed by atoms with Gasteiger partial charge in [-0.15, -0.1) is 0 Å². The van der Waals surface area contributed by atoms with Gasteiger partial charge < -0.3 is 4.57 Å². The van der Waals surface area contributed by atoms with Crippen molar-refractivity contribution in [3.05, 3.63) is 58.3 Å². The van der Waals surface area contributed by atoms with Gasteiger partial charge in [-0.3, -0.25) is 4.79 Å². The maximum atomic E-state index is 12.4. The fourth-order valence-corrected chi connectivity index (χ4v) is 4.20. The minimum atomic E-state index is -4.07. The second-order valence-electron chi connectivity index (χ2n) is 5.67. The van der Waals surface area contributed by atoms with Crippen LogP contribution >= 0.6 is 15.9 Å². The third-order valence-corrected chi connectivity index (χ3v) is 5.52. The smallest absolute Gasteiger partial charge is 0.264 e. The van der Waals surface area contributed by atoms with Crippen LogP contribution in [0, 0.1) is 11.3 Å². The number of carbonyl (C=O) groups is 1. The van der Waals surface area contributed by atoms with Crippen molar-refractivity contribution in [1.82, 2.24) is 14.3 Å². The molecule has 3 rings (SSSR count). The van der Waals surface area contributed by atoms with E-state index in [1.165, 1.54) is 18.2 Å². The number of fused-ring (bicyclic) bond motifs is 1. The number of hydrogen-bond acceptors (Lipinski definition) is 5. The van der Waals surface area contributed by atoms with Crippen molar-refractivity contribution in [2.75, 3.05) is 0 Å². The molecular weight excluding hydrogens is 420 g/mol. The van der Waals surface area contributed by atoms with Gasteiger partial charge in [0.2, 0.25) is 5.91 Å². The van der Waals surface area contributed by atoms with Crippen LogP contribution in [-0.4, -0.2) is 23.9 Å². The number of nitrogens with one attached hydrogen (secondary N) is 1. The van der Waals surface area contributed by atoms with Crippen LogP contribution in [0.1, 0.15) is 11.1 Å². The zero-order valence-electron chi connectivity index (χ0n) is 13.6. The minimum absolute atomic E-state index is 0.106. The topological polar surface area (TPSA) is 105 Å². The number of sulfonamides is 1. The number of rotatable bonds is 4. The highest BCUT2D eigenvalue weighted by Crippen LogP contribution is 2.19. The number of amides is 1. The minimum Gasteiger partial charge on any atom is -0.334 e. The molecule has 1 heterocycles. The van der Waals surface area contributed by atoms with E-state index in [9.17, 15) is 13.2 Å². The van der Waals surface area contributed by atoms with Gasteiger partial charge in [0, 0.05) is 11.5 Å². The van der Waals surface area contributed by atoms with Gasteiger partial charge in [-0.05, 0) is 35.9 Å². The van der Waals surface area contributed by atoms with Gasteiger partial charge in [0.25, 0.3) is 10.0 Å². The fourth-order valence-electron chi connectivity index (χ4n) is 2.50. The first-order valence-corrected chi connectivity index (χ1v) is 9.72. The van der Waals surface area contributed by atoms with Crippen molar-refractivity contribution in [2.45, 2.75) is 11.3 Å². The summed E-state index contributed by atoms with van der Waals surface area (Å²) in [6.45, 7) is 0. The van der Waals surface area contributed by atoms with E-state index in [4.69, 9.17) is 5.26 Å². The normalized spacial score (nSPS) is 11.3. The monoisotopic (exact) mass is 432 g/mol. The largest absolute Gasteiger partial charge is 0.334 e. The maximum Gasteiger partial charge on any atom is 0.264 e. The Balaban J connectivity index is 1.79. The van der Waals surface area contributed by atoms with Crippen LogP contribution in [0.4, 0.5) is 0 Å². The molecule has 2 aromatic carbocycles. The average Bonchev–Trinajstić information content (AvgIpc) is 2.94. The van der Waals surface area contributed by atoms with E-state index in [1.54, 1.807) is 18.5 Å². The molecule has 26 heavy (non-hydrogen) atoms. The van der Waals surface area contributed by atoms with Crippen molar-refractivity contribution in [1.29, 1.82) is 5.26 Å². The Morgan fingerprint density at radius 2 is 2.08 bits per heavy atom. The van der Waals surface area contributed by atoms with E-state index in [2.05, 4.69) is 20.9 Å². The molecule has 0 aliphatic carbocycles. The summed E-state index contributed by atoms with van der Waals surface area (Å²) in [5, 5.41) is 8.96. The molecule has 132 valence electrons. The zero-order valence-corrected chi connectivity index (χ0v) is 16.0. The summed E-state index contributed by atoms with van der Waals surface area (Å²) in [5.41, 5.74) is 2.47. The van der Waals surface area contributed by atoms with Crippen LogP contribution in [0.15, 0.2) is 52.1 Å². The van der Waals surface area contributed by atoms with Crippen LogP contribution < -0.4 is 4.72 Å². The summed E-state index contributed by atoms with van der Waals surface area (Å²) in [6.07, 6.45) is 1.56.